The highest BCUT2D eigenvalue weighted by atomic mass is 32.2. The Morgan fingerprint density at radius 3 is 2.60 bits per heavy atom. The molecule has 3 amide bonds. The number of benzene rings is 1. The average Bonchev–Trinajstić information content (AvgIpc) is 3.98. The van der Waals surface area contributed by atoms with Crippen molar-refractivity contribution in [2.75, 3.05) is 20.7 Å². The minimum Gasteiger partial charge on any atom is -0.496 e. The molecule has 3 aliphatic carbocycles. The van der Waals surface area contributed by atoms with Gasteiger partial charge in [-0.05, 0) is 76.3 Å². The van der Waals surface area contributed by atoms with Crippen molar-refractivity contribution in [3.05, 3.63) is 47.0 Å². The van der Waals surface area contributed by atoms with E-state index in [1.807, 2.05) is 42.7 Å². The van der Waals surface area contributed by atoms with Gasteiger partial charge in [-0.25, -0.2) is 18.4 Å². The summed E-state index contributed by atoms with van der Waals surface area (Å²) in [6.07, 6.45) is 7.61. The first kappa shape index (κ1) is 36.3. The van der Waals surface area contributed by atoms with Gasteiger partial charge >= 0.3 is 0 Å². The minimum absolute atomic E-state index is 0.147. The van der Waals surface area contributed by atoms with Gasteiger partial charge in [-0.15, -0.1) is 11.3 Å². The molecule has 52 heavy (non-hydrogen) atoms. The third-order valence-corrected chi connectivity index (χ3v) is 13.7. The molecule has 0 bridgehead atoms. The first-order valence-corrected chi connectivity index (χ1v) is 20.6. The highest BCUT2D eigenvalue weighted by Gasteiger charge is 2.62. The first-order valence-electron chi connectivity index (χ1n) is 18.2. The van der Waals surface area contributed by atoms with Crippen LogP contribution < -0.4 is 19.5 Å². The molecule has 14 heteroatoms. The van der Waals surface area contributed by atoms with E-state index >= 15 is 0 Å². The molecule has 0 radical (unpaired) electrons. The van der Waals surface area contributed by atoms with Crippen molar-refractivity contribution < 1.29 is 32.3 Å². The van der Waals surface area contributed by atoms with Crippen LogP contribution in [0.2, 0.25) is 0 Å². The quantitative estimate of drug-likeness (QED) is 0.294. The maximum atomic E-state index is 14.3. The molecule has 3 heterocycles. The molecule has 3 aromatic rings. The number of allylic oxidation sites excluding steroid dienone is 1. The Morgan fingerprint density at radius 2 is 1.88 bits per heavy atom. The largest absolute Gasteiger partial charge is 0.496 e. The van der Waals surface area contributed by atoms with Crippen molar-refractivity contribution in [2.24, 2.45) is 17.8 Å². The standard InChI is InChI=1S/C38H47N5O7S2/c1-21(2)30-20-51-35(40-30)29-18-32(26-13-14-31(49-5)22(3)33(26)39-29)50-24-16-27-28(17-24)36(45)43(4)15-9-7-6-8-10-23-19-38(23,41-34(27)44)37(46)42-52(47,48)25-11-12-25/h8,10,13-14,18,20-21,23-25,27-28H,6-7,9,11-12,15-17,19H2,1-5H3,(H,41,44)(H,42,46)/b10-8+/t23-,24-,27-,28-,38+/m1/s1. The number of amides is 3. The number of rotatable bonds is 8. The molecule has 1 aromatic carbocycles. The number of nitrogens with one attached hydrogen (secondary N) is 2. The Morgan fingerprint density at radius 1 is 1.12 bits per heavy atom. The summed E-state index contributed by atoms with van der Waals surface area (Å²) in [4.78, 5) is 53.5. The molecule has 2 N–H and O–H groups in total. The van der Waals surface area contributed by atoms with Crippen molar-refractivity contribution in [1.29, 1.82) is 0 Å². The third kappa shape index (κ3) is 7.03. The van der Waals surface area contributed by atoms with Gasteiger partial charge in [0, 0.05) is 41.9 Å². The molecule has 0 saturated heterocycles. The summed E-state index contributed by atoms with van der Waals surface area (Å²) in [5.41, 5.74) is 1.79. The van der Waals surface area contributed by atoms with E-state index in [9.17, 15) is 22.8 Å². The van der Waals surface area contributed by atoms with Crippen LogP contribution in [0.1, 0.15) is 82.4 Å². The maximum Gasteiger partial charge on any atom is 0.259 e. The second-order valence-corrected chi connectivity index (χ2v) is 17.9. The van der Waals surface area contributed by atoms with E-state index in [2.05, 4.69) is 23.9 Å². The van der Waals surface area contributed by atoms with E-state index < -0.39 is 50.6 Å². The normalized spacial score (nSPS) is 27.4. The van der Waals surface area contributed by atoms with Crippen LogP contribution in [0.4, 0.5) is 0 Å². The number of nitrogens with zero attached hydrogens (tertiary/aromatic N) is 3. The van der Waals surface area contributed by atoms with E-state index in [1.54, 1.807) is 19.1 Å². The van der Waals surface area contributed by atoms with Crippen LogP contribution in [0, 0.1) is 24.7 Å². The predicted molar refractivity (Wildman–Crippen MR) is 199 cm³/mol. The molecule has 4 aliphatic rings. The molecule has 3 saturated carbocycles. The van der Waals surface area contributed by atoms with Crippen LogP contribution in [-0.4, -0.2) is 78.6 Å². The van der Waals surface area contributed by atoms with Crippen LogP contribution in [-0.2, 0) is 24.4 Å². The lowest BCUT2D eigenvalue weighted by atomic mass is 9.93. The Hall–Kier alpha value is -4.04. The highest BCUT2D eigenvalue weighted by Crippen LogP contribution is 2.47. The number of ether oxygens (including phenoxy) is 2. The molecule has 12 nitrogen and oxygen atoms in total. The number of methoxy groups -OCH3 is 1. The number of hydrogen-bond acceptors (Lipinski definition) is 10. The molecule has 278 valence electrons. The Kier molecular flexibility index (Phi) is 9.83. The fraction of sp³-hybridized carbons (Fsp3) is 0.553. The second-order valence-electron chi connectivity index (χ2n) is 15.1. The van der Waals surface area contributed by atoms with Crippen LogP contribution in [0.5, 0.6) is 11.5 Å². The van der Waals surface area contributed by atoms with Crippen LogP contribution in [0.3, 0.4) is 0 Å². The zero-order valence-electron chi connectivity index (χ0n) is 30.3. The summed E-state index contributed by atoms with van der Waals surface area (Å²) in [6, 6.07) is 5.66. The molecule has 0 unspecified atom stereocenters. The zero-order chi connectivity index (χ0) is 36.9. The lowest BCUT2D eigenvalue weighted by Gasteiger charge is -2.26. The van der Waals surface area contributed by atoms with Crippen LogP contribution in [0.15, 0.2) is 35.7 Å². The van der Waals surface area contributed by atoms with E-state index in [0.29, 0.717) is 48.5 Å². The number of carbonyl (C=O) groups is 3. The average molecular weight is 750 g/mol. The number of aryl methyl sites for hydroxylation is 1. The zero-order valence-corrected chi connectivity index (χ0v) is 31.9. The molecular formula is C38H47N5O7S2. The lowest BCUT2D eigenvalue weighted by Crippen LogP contribution is -2.54. The first-order chi connectivity index (χ1) is 24.8. The Balaban J connectivity index is 1.21. The van der Waals surface area contributed by atoms with E-state index in [4.69, 9.17) is 19.4 Å². The van der Waals surface area contributed by atoms with Gasteiger partial charge in [0.15, 0.2) is 0 Å². The van der Waals surface area contributed by atoms with Gasteiger partial charge in [-0.2, -0.15) is 0 Å². The number of thiazole rings is 1. The highest BCUT2D eigenvalue weighted by molar-refractivity contribution is 7.91. The number of sulfonamides is 1. The lowest BCUT2D eigenvalue weighted by molar-refractivity contribution is -0.140. The fourth-order valence-corrected chi connectivity index (χ4v) is 9.85. The topological polar surface area (TPSA) is 157 Å². The van der Waals surface area contributed by atoms with E-state index in [1.165, 1.54) is 11.3 Å². The summed E-state index contributed by atoms with van der Waals surface area (Å²) in [5.74, 6) is -1.63. The van der Waals surface area contributed by atoms with Crippen molar-refractivity contribution in [3.63, 3.8) is 0 Å². The van der Waals surface area contributed by atoms with Crippen molar-refractivity contribution in [1.82, 2.24) is 24.9 Å². The molecular weight excluding hydrogens is 703 g/mol. The number of aromatic nitrogens is 2. The number of pyridine rings is 1. The van der Waals surface area contributed by atoms with E-state index in [-0.39, 0.29) is 30.6 Å². The van der Waals surface area contributed by atoms with E-state index in [0.717, 1.165) is 40.9 Å². The van der Waals surface area contributed by atoms with Crippen LogP contribution >= 0.6 is 11.3 Å². The molecule has 1 aliphatic heterocycles. The third-order valence-electron chi connectivity index (χ3n) is 11.0. The van der Waals surface area contributed by atoms with Gasteiger partial charge in [-0.1, -0.05) is 26.0 Å². The number of hydrogen-bond donors (Lipinski definition) is 2. The molecule has 2 aromatic heterocycles. The van der Waals surface area contributed by atoms with Gasteiger partial charge in [0.1, 0.15) is 33.8 Å². The van der Waals surface area contributed by atoms with Gasteiger partial charge in [0.25, 0.3) is 5.91 Å². The molecule has 5 atom stereocenters. The van der Waals surface area contributed by atoms with Gasteiger partial charge in [0.05, 0.1) is 35.4 Å². The molecule has 7 rings (SSSR count). The maximum absolute atomic E-state index is 14.3. The SMILES string of the molecule is COc1ccc2c(O[C@@H]3C[C@H]4C(=O)N[C@@]5(C(=O)NS(=O)(=O)C6CC6)C[C@H]5/C=C/CCCCN(C)C(=O)[C@@H]4C3)cc(-c3nc(C(C)C)cs3)nc2c1C. The van der Waals surface area contributed by atoms with Crippen molar-refractivity contribution in [2.45, 2.75) is 94.9 Å². The van der Waals surface area contributed by atoms with Gasteiger partial charge in [0.2, 0.25) is 21.8 Å². The minimum atomic E-state index is -3.83. The summed E-state index contributed by atoms with van der Waals surface area (Å²) in [7, 11) is -0.445. The summed E-state index contributed by atoms with van der Waals surface area (Å²) >= 11 is 1.51. The predicted octanol–water partition coefficient (Wildman–Crippen LogP) is 5.25. The van der Waals surface area contributed by atoms with Crippen molar-refractivity contribution >= 4 is 50.0 Å². The van der Waals surface area contributed by atoms with Crippen molar-refractivity contribution in [3.8, 4) is 22.2 Å². The Labute approximate surface area is 308 Å². The second kappa shape index (κ2) is 14.1. The molecule has 0 spiro atoms. The fourth-order valence-electron chi connectivity index (χ4n) is 7.55. The number of fused-ring (bicyclic) bond motifs is 3. The van der Waals surface area contributed by atoms with Crippen LogP contribution in [0.25, 0.3) is 21.6 Å². The van der Waals surface area contributed by atoms with Gasteiger partial charge in [-0.3, -0.25) is 19.1 Å². The summed E-state index contributed by atoms with van der Waals surface area (Å²) < 4.78 is 40.2. The Bertz CT molecular complexity index is 2040. The molecule has 3 fully saturated rings. The van der Waals surface area contributed by atoms with Gasteiger partial charge < -0.3 is 19.7 Å². The summed E-state index contributed by atoms with van der Waals surface area (Å²) in [5, 5.41) is 5.95. The smallest absolute Gasteiger partial charge is 0.259 e. The number of carbonyl (C=O) groups excluding carboxylic acids is 3. The monoisotopic (exact) mass is 749 g/mol. The summed E-state index contributed by atoms with van der Waals surface area (Å²) in [6.45, 7) is 6.69.